The molecule has 0 radical (unpaired) electrons. The highest BCUT2D eigenvalue weighted by Crippen LogP contribution is 2.25. The Morgan fingerprint density at radius 2 is 2.17 bits per heavy atom. The molecule has 2 fully saturated rings. The smallest absolute Gasteiger partial charge is 0.317 e. The Morgan fingerprint density at radius 1 is 1.35 bits per heavy atom. The van der Waals surface area contributed by atoms with Crippen molar-refractivity contribution in [2.24, 2.45) is 0 Å². The minimum absolute atomic E-state index is 0.0552. The van der Waals surface area contributed by atoms with Gasteiger partial charge < -0.3 is 19.5 Å². The standard InChI is InChI=1S/C16H26N4O3/c1-2-22-11-14-18-15(19-23-14)12-6-5-9-20(10-12)16(21)17-13-7-3-4-8-13/h12-13H,2-11H2,1H3,(H,17,21). The maximum Gasteiger partial charge on any atom is 0.317 e. The van der Waals surface area contributed by atoms with E-state index in [0.717, 1.165) is 32.2 Å². The third kappa shape index (κ3) is 4.22. The van der Waals surface area contributed by atoms with E-state index in [9.17, 15) is 4.79 Å². The van der Waals surface area contributed by atoms with Gasteiger partial charge in [-0.3, -0.25) is 0 Å². The predicted molar refractivity (Wildman–Crippen MR) is 84.0 cm³/mol. The summed E-state index contributed by atoms with van der Waals surface area (Å²) in [7, 11) is 0. The number of nitrogens with zero attached hydrogens (tertiary/aromatic N) is 3. The Hall–Kier alpha value is -1.63. The fourth-order valence-corrected chi connectivity index (χ4v) is 3.39. The topological polar surface area (TPSA) is 80.5 Å². The average molecular weight is 322 g/mol. The number of rotatable bonds is 5. The van der Waals surface area contributed by atoms with Crippen LogP contribution in [-0.2, 0) is 11.3 Å². The van der Waals surface area contributed by atoms with E-state index >= 15 is 0 Å². The van der Waals surface area contributed by atoms with Gasteiger partial charge in [0.05, 0.1) is 0 Å². The molecule has 2 heterocycles. The lowest BCUT2D eigenvalue weighted by Gasteiger charge is -2.32. The van der Waals surface area contributed by atoms with E-state index in [4.69, 9.17) is 9.26 Å². The molecule has 1 aliphatic heterocycles. The monoisotopic (exact) mass is 322 g/mol. The molecule has 1 saturated carbocycles. The second-order valence-corrected chi connectivity index (χ2v) is 6.40. The Morgan fingerprint density at radius 3 is 2.96 bits per heavy atom. The fraction of sp³-hybridized carbons (Fsp3) is 0.812. The zero-order valence-corrected chi connectivity index (χ0v) is 13.8. The summed E-state index contributed by atoms with van der Waals surface area (Å²) in [5.74, 6) is 1.35. The molecule has 1 atom stereocenters. The molecule has 1 aromatic rings. The number of hydrogen-bond donors (Lipinski definition) is 1. The van der Waals surface area contributed by atoms with E-state index in [1.54, 1.807) is 0 Å². The van der Waals surface area contributed by atoms with Crippen molar-refractivity contribution in [3.63, 3.8) is 0 Å². The van der Waals surface area contributed by atoms with Gasteiger partial charge in [0.2, 0.25) is 0 Å². The van der Waals surface area contributed by atoms with Crippen LogP contribution in [0.5, 0.6) is 0 Å². The molecule has 1 unspecified atom stereocenters. The van der Waals surface area contributed by atoms with Gasteiger partial charge in [-0.2, -0.15) is 4.98 Å². The first kappa shape index (κ1) is 16.2. The van der Waals surface area contributed by atoms with Crippen molar-refractivity contribution in [3.8, 4) is 0 Å². The van der Waals surface area contributed by atoms with Crippen LogP contribution in [0.4, 0.5) is 4.79 Å². The van der Waals surface area contributed by atoms with Crippen molar-refractivity contribution in [1.29, 1.82) is 0 Å². The van der Waals surface area contributed by atoms with Crippen LogP contribution < -0.4 is 5.32 Å². The van der Waals surface area contributed by atoms with Crippen molar-refractivity contribution in [2.75, 3.05) is 19.7 Å². The first-order valence-electron chi connectivity index (χ1n) is 8.72. The predicted octanol–water partition coefficient (Wildman–Crippen LogP) is 2.44. The van der Waals surface area contributed by atoms with Gasteiger partial charge in [-0.1, -0.05) is 18.0 Å². The normalized spacial score (nSPS) is 22.5. The Labute approximate surface area is 136 Å². The second kappa shape index (κ2) is 7.77. The molecule has 7 heteroatoms. The van der Waals surface area contributed by atoms with Crippen molar-refractivity contribution >= 4 is 6.03 Å². The van der Waals surface area contributed by atoms with Gasteiger partial charge in [-0.05, 0) is 32.6 Å². The molecule has 1 aromatic heterocycles. The van der Waals surface area contributed by atoms with E-state index in [1.807, 2.05) is 11.8 Å². The number of aromatic nitrogens is 2. The molecule has 3 rings (SSSR count). The lowest BCUT2D eigenvalue weighted by Crippen LogP contribution is -2.47. The highest BCUT2D eigenvalue weighted by atomic mass is 16.5. The summed E-state index contributed by atoms with van der Waals surface area (Å²) in [5.41, 5.74) is 0. The highest BCUT2D eigenvalue weighted by Gasteiger charge is 2.29. The number of piperidine rings is 1. The van der Waals surface area contributed by atoms with Crippen molar-refractivity contribution in [1.82, 2.24) is 20.4 Å². The van der Waals surface area contributed by atoms with Gasteiger partial charge in [0, 0.05) is 31.7 Å². The molecule has 23 heavy (non-hydrogen) atoms. The number of amides is 2. The van der Waals surface area contributed by atoms with E-state index in [1.165, 1.54) is 12.8 Å². The van der Waals surface area contributed by atoms with Gasteiger partial charge in [-0.25, -0.2) is 4.79 Å². The number of likely N-dealkylation sites (tertiary alicyclic amines) is 1. The second-order valence-electron chi connectivity index (χ2n) is 6.40. The highest BCUT2D eigenvalue weighted by molar-refractivity contribution is 5.74. The molecule has 128 valence electrons. The number of ether oxygens (including phenoxy) is 1. The third-order valence-corrected chi connectivity index (χ3v) is 4.67. The largest absolute Gasteiger partial charge is 0.372 e. The zero-order valence-electron chi connectivity index (χ0n) is 13.8. The van der Waals surface area contributed by atoms with Crippen molar-refractivity contribution in [3.05, 3.63) is 11.7 Å². The van der Waals surface area contributed by atoms with Gasteiger partial charge in [-0.15, -0.1) is 0 Å². The first-order valence-corrected chi connectivity index (χ1v) is 8.72. The summed E-state index contributed by atoms with van der Waals surface area (Å²) in [4.78, 5) is 18.7. The van der Waals surface area contributed by atoms with Gasteiger partial charge in [0.1, 0.15) is 6.61 Å². The van der Waals surface area contributed by atoms with Crippen molar-refractivity contribution < 1.29 is 14.1 Å². The Kier molecular flexibility index (Phi) is 5.48. The van der Waals surface area contributed by atoms with Crippen LogP contribution in [0.2, 0.25) is 0 Å². The molecule has 7 nitrogen and oxygen atoms in total. The molecular weight excluding hydrogens is 296 g/mol. The first-order chi connectivity index (χ1) is 11.3. The van der Waals surface area contributed by atoms with Gasteiger partial charge in [0.25, 0.3) is 5.89 Å². The summed E-state index contributed by atoms with van der Waals surface area (Å²) in [5, 5.41) is 7.22. The average Bonchev–Trinajstić information content (AvgIpc) is 3.24. The fourth-order valence-electron chi connectivity index (χ4n) is 3.39. The summed E-state index contributed by atoms with van der Waals surface area (Å²) in [6.45, 7) is 4.36. The van der Waals surface area contributed by atoms with E-state index in [-0.39, 0.29) is 11.9 Å². The summed E-state index contributed by atoms with van der Waals surface area (Å²) in [6.07, 6.45) is 6.61. The van der Waals surface area contributed by atoms with E-state index in [2.05, 4.69) is 15.5 Å². The minimum Gasteiger partial charge on any atom is -0.372 e. The van der Waals surface area contributed by atoms with Crippen LogP contribution in [0.25, 0.3) is 0 Å². The van der Waals surface area contributed by atoms with Crippen LogP contribution >= 0.6 is 0 Å². The maximum atomic E-state index is 12.4. The molecule has 2 aliphatic rings. The molecular formula is C16H26N4O3. The summed E-state index contributed by atoms with van der Waals surface area (Å²) >= 11 is 0. The number of urea groups is 1. The summed E-state index contributed by atoms with van der Waals surface area (Å²) < 4.78 is 10.5. The lowest BCUT2D eigenvalue weighted by molar-refractivity contribution is 0.109. The van der Waals surface area contributed by atoms with Gasteiger partial charge in [0.15, 0.2) is 5.82 Å². The van der Waals surface area contributed by atoms with Crippen LogP contribution in [-0.4, -0.2) is 46.8 Å². The van der Waals surface area contributed by atoms with Crippen LogP contribution in [0, 0.1) is 0 Å². The molecule has 1 N–H and O–H groups in total. The number of hydrogen-bond acceptors (Lipinski definition) is 5. The maximum absolute atomic E-state index is 12.4. The molecule has 2 amide bonds. The van der Waals surface area contributed by atoms with Crippen molar-refractivity contribution in [2.45, 2.75) is 64.0 Å². The molecule has 0 bridgehead atoms. The van der Waals surface area contributed by atoms with Crippen LogP contribution in [0.15, 0.2) is 4.52 Å². The summed E-state index contributed by atoms with van der Waals surface area (Å²) in [6, 6.07) is 0.408. The minimum atomic E-state index is 0.0552. The van der Waals surface area contributed by atoms with Gasteiger partial charge >= 0.3 is 6.03 Å². The number of nitrogens with one attached hydrogen (secondary N) is 1. The van der Waals surface area contributed by atoms with Crippen LogP contribution in [0.1, 0.15) is 63.1 Å². The molecule has 0 aromatic carbocycles. The zero-order chi connectivity index (χ0) is 16.1. The lowest BCUT2D eigenvalue weighted by atomic mass is 9.97. The van der Waals surface area contributed by atoms with E-state index < -0.39 is 0 Å². The number of carbonyl (C=O) groups is 1. The Bertz CT molecular complexity index is 513. The molecule has 1 aliphatic carbocycles. The SMILES string of the molecule is CCOCc1nc(C2CCCN(C(=O)NC3CCCC3)C2)no1. The third-order valence-electron chi connectivity index (χ3n) is 4.67. The van der Waals surface area contributed by atoms with Crippen LogP contribution in [0.3, 0.4) is 0 Å². The molecule has 1 saturated heterocycles. The molecule has 0 spiro atoms. The van der Waals surface area contributed by atoms with E-state index in [0.29, 0.717) is 37.5 Å². The quantitative estimate of drug-likeness (QED) is 0.900. The number of carbonyl (C=O) groups excluding carboxylic acids is 1. The Balaban J connectivity index is 1.54.